The van der Waals surface area contributed by atoms with Crippen LogP contribution in [0.3, 0.4) is 0 Å². The third kappa shape index (κ3) is 5.56. The summed E-state index contributed by atoms with van der Waals surface area (Å²) in [6.45, 7) is 0.886. The lowest BCUT2D eigenvalue weighted by Crippen LogP contribution is -2.31. The predicted molar refractivity (Wildman–Crippen MR) is 117 cm³/mol. The maximum Gasteiger partial charge on any atom is 0.240 e. The largest absolute Gasteiger partial charge is 0.326 e. The summed E-state index contributed by atoms with van der Waals surface area (Å²) in [5.74, 6) is -0.828. The fraction of sp³-hybridized carbons (Fsp3) is 0.150. The second-order valence-corrected chi connectivity index (χ2v) is 11.6. The zero-order chi connectivity index (χ0) is 22.6. The summed E-state index contributed by atoms with van der Waals surface area (Å²) >= 11 is 1.02. The van der Waals surface area contributed by atoms with E-state index in [4.69, 9.17) is 0 Å². The molecule has 0 fully saturated rings. The van der Waals surface area contributed by atoms with Crippen LogP contribution < -0.4 is 10.0 Å². The molecule has 0 aliphatic rings. The summed E-state index contributed by atoms with van der Waals surface area (Å²) in [5, 5.41) is 2.89. The molecule has 2 N–H and O–H groups in total. The molecule has 0 saturated carbocycles. The zero-order valence-electron chi connectivity index (χ0n) is 16.3. The van der Waals surface area contributed by atoms with Crippen molar-refractivity contribution in [1.29, 1.82) is 0 Å². The van der Waals surface area contributed by atoms with Crippen molar-refractivity contribution in [3.8, 4) is 0 Å². The first-order valence-corrected chi connectivity index (χ1v) is 12.9. The molecular weight excluding hydrogens is 463 g/mol. The predicted octanol–water partition coefficient (Wildman–Crippen LogP) is 3.34. The lowest BCUT2D eigenvalue weighted by molar-refractivity contribution is -0.114. The molecule has 7 nitrogen and oxygen atoms in total. The van der Waals surface area contributed by atoms with E-state index in [0.717, 1.165) is 23.5 Å². The number of carbonyl (C=O) groups is 1. The van der Waals surface area contributed by atoms with Crippen LogP contribution in [0.2, 0.25) is 0 Å². The number of nitrogens with one attached hydrogen (secondary N) is 2. The van der Waals surface area contributed by atoms with Gasteiger partial charge in [0.15, 0.2) is 9.84 Å². The van der Waals surface area contributed by atoms with E-state index in [-0.39, 0.29) is 20.6 Å². The average molecular weight is 483 g/mol. The van der Waals surface area contributed by atoms with Crippen LogP contribution in [-0.2, 0) is 24.7 Å². The number of carbonyl (C=O) groups excluding carboxylic acids is 1. The number of hydrogen-bond acceptors (Lipinski definition) is 6. The van der Waals surface area contributed by atoms with E-state index in [1.165, 1.54) is 49.4 Å². The van der Waals surface area contributed by atoms with Gasteiger partial charge in [-0.05, 0) is 53.4 Å². The van der Waals surface area contributed by atoms with E-state index in [9.17, 15) is 26.0 Å². The molecule has 1 aromatic heterocycles. The molecule has 1 atom stereocenters. The molecule has 0 unspecified atom stereocenters. The molecule has 1 heterocycles. The van der Waals surface area contributed by atoms with Crippen LogP contribution in [0, 0.1) is 5.82 Å². The molecule has 0 aliphatic carbocycles. The maximum atomic E-state index is 13.3. The van der Waals surface area contributed by atoms with Crippen molar-refractivity contribution in [3.63, 3.8) is 0 Å². The van der Waals surface area contributed by atoms with E-state index in [1.54, 1.807) is 11.4 Å². The number of benzene rings is 2. The topological polar surface area (TPSA) is 109 Å². The van der Waals surface area contributed by atoms with Gasteiger partial charge in [-0.15, -0.1) is 11.3 Å². The molecule has 0 radical (unpaired) electrons. The van der Waals surface area contributed by atoms with Crippen LogP contribution in [0.5, 0.6) is 0 Å². The molecule has 0 saturated heterocycles. The molecular formula is C20H19FN2O5S3. The van der Waals surface area contributed by atoms with Gasteiger partial charge in [0.2, 0.25) is 15.9 Å². The first-order chi connectivity index (χ1) is 14.6. The summed E-state index contributed by atoms with van der Waals surface area (Å²) in [6, 6.07) is 13.4. The minimum absolute atomic E-state index is 0.0840. The Kier molecular flexibility index (Phi) is 6.90. The summed E-state index contributed by atoms with van der Waals surface area (Å²) in [4.78, 5) is 11.0. The highest BCUT2D eigenvalue weighted by atomic mass is 32.2. The molecule has 3 rings (SSSR count). The molecule has 1 amide bonds. The standard InChI is InChI=1S/C20H19FN2O5S3/c1-14(24)23-17-8-10-18(11-9-17)31(27,28)22-13-19(15-4-6-16(21)7-5-15)30(25,26)20-3-2-12-29-20/h2-12,19,22H,13H2,1H3,(H,23,24)/t19-/m1/s1. The van der Waals surface area contributed by atoms with Crippen molar-refractivity contribution in [2.24, 2.45) is 0 Å². The number of anilines is 1. The number of sulfone groups is 1. The molecule has 11 heteroatoms. The zero-order valence-corrected chi connectivity index (χ0v) is 18.7. The van der Waals surface area contributed by atoms with Crippen LogP contribution in [0.15, 0.2) is 75.1 Å². The Hall–Kier alpha value is -2.60. The van der Waals surface area contributed by atoms with Gasteiger partial charge >= 0.3 is 0 Å². The lowest BCUT2D eigenvalue weighted by atomic mass is 10.1. The Bertz CT molecular complexity index is 1260. The fourth-order valence-electron chi connectivity index (χ4n) is 2.84. The molecule has 2 aromatic carbocycles. The number of halogens is 1. The number of amides is 1. The summed E-state index contributed by atoms with van der Waals surface area (Å²) in [7, 11) is -7.97. The molecule has 0 spiro atoms. The first-order valence-electron chi connectivity index (χ1n) is 9.00. The van der Waals surface area contributed by atoms with Crippen molar-refractivity contribution in [2.75, 3.05) is 11.9 Å². The first kappa shape index (κ1) is 23.1. The highest BCUT2D eigenvalue weighted by Crippen LogP contribution is 2.31. The highest BCUT2D eigenvalue weighted by Gasteiger charge is 2.31. The Morgan fingerprint density at radius 1 is 1.00 bits per heavy atom. The number of rotatable bonds is 8. The third-order valence-electron chi connectivity index (χ3n) is 4.34. The smallest absolute Gasteiger partial charge is 0.240 e. The van der Waals surface area contributed by atoms with Gasteiger partial charge in [0.25, 0.3) is 0 Å². The van der Waals surface area contributed by atoms with Gasteiger partial charge in [-0.25, -0.2) is 25.9 Å². The lowest BCUT2D eigenvalue weighted by Gasteiger charge is -2.18. The fourth-order valence-corrected chi connectivity index (χ4v) is 6.86. The van der Waals surface area contributed by atoms with Crippen LogP contribution in [0.4, 0.5) is 10.1 Å². The number of sulfonamides is 1. The molecule has 164 valence electrons. The monoisotopic (exact) mass is 482 g/mol. The van der Waals surface area contributed by atoms with E-state index >= 15 is 0 Å². The summed E-state index contributed by atoms with van der Waals surface area (Å²) in [5.41, 5.74) is 0.689. The average Bonchev–Trinajstić information content (AvgIpc) is 3.25. The van der Waals surface area contributed by atoms with Crippen LogP contribution in [0.25, 0.3) is 0 Å². The molecule has 3 aromatic rings. The van der Waals surface area contributed by atoms with Gasteiger partial charge in [-0.3, -0.25) is 4.79 Å². The SMILES string of the molecule is CC(=O)Nc1ccc(S(=O)(=O)NC[C@H](c2ccc(F)cc2)S(=O)(=O)c2cccs2)cc1. The minimum atomic E-state index is -4.04. The van der Waals surface area contributed by atoms with Gasteiger partial charge < -0.3 is 5.32 Å². The van der Waals surface area contributed by atoms with Crippen molar-refractivity contribution < 1.29 is 26.0 Å². The van der Waals surface area contributed by atoms with Gasteiger partial charge in [-0.2, -0.15) is 0 Å². The minimum Gasteiger partial charge on any atom is -0.326 e. The van der Waals surface area contributed by atoms with E-state index < -0.39 is 37.5 Å². The third-order valence-corrected chi connectivity index (χ3v) is 9.31. The van der Waals surface area contributed by atoms with Gasteiger partial charge in [0, 0.05) is 19.2 Å². The normalized spacial score (nSPS) is 13.0. The molecule has 0 bridgehead atoms. The van der Waals surface area contributed by atoms with Gasteiger partial charge in [-0.1, -0.05) is 18.2 Å². The number of thiophene rings is 1. The van der Waals surface area contributed by atoms with Crippen molar-refractivity contribution in [3.05, 3.63) is 77.4 Å². The van der Waals surface area contributed by atoms with Crippen LogP contribution in [0.1, 0.15) is 17.7 Å². The second kappa shape index (κ2) is 9.27. The van der Waals surface area contributed by atoms with Crippen molar-refractivity contribution in [1.82, 2.24) is 4.72 Å². The van der Waals surface area contributed by atoms with E-state index in [0.29, 0.717) is 5.69 Å². The van der Waals surface area contributed by atoms with Crippen molar-refractivity contribution in [2.45, 2.75) is 21.3 Å². The van der Waals surface area contributed by atoms with Gasteiger partial charge in [0.05, 0.1) is 4.90 Å². The quantitative estimate of drug-likeness (QED) is 0.512. The summed E-state index contributed by atoms with van der Waals surface area (Å²) < 4.78 is 67.4. The van der Waals surface area contributed by atoms with Crippen LogP contribution >= 0.6 is 11.3 Å². The number of hydrogen-bond donors (Lipinski definition) is 2. The van der Waals surface area contributed by atoms with Crippen LogP contribution in [-0.4, -0.2) is 29.3 Å². The molecule has 0 aliphatic heterocycles. The second-order valence-electron chi connectivity index (χ2n) is 6.57. The Labute approximate surface area is 183 Å². The van der Waals surface area contributed by atoms with Gasteiger partial charge in [0.1, 0.15) is 15.3 Å². The Balaban J connectivity index is 1.88. The van der Waals surface area contributed by atoms with E-state index in [2.05, 4.69) is 10.0 Å². The molecule has 31 heavy (non-hydrogen) atoms. The Morgan fingerprint density at radius 3 is 2.19 bits per heavy atom. The maximum absolute atomic E-state index is 13.3. The van der Waals surface area contributed by atoms with E-state index in [1.807, 2.05) is 0 Å². The highest BCUT2D eigenvalue weighted by molar-refractivity contribution is 7.93. The Morgan fingerprint density at radius 2 is 1.65 bits per heavy atom. The summed E-state index contributed by atoms with van der Waals surface area (Å²) in [6.07, 6.45) is 0. The van der Waals surface area contributed by atoms with Crippen molar-refractivity contribution >= 4 is 42.8 Å².